The van der Waals surface area contributed by atoms with Crippen LogP contribution in [0.2, 0.25) is 0 Å². The van der Waals surface area contributed by atoms with Gasteiger partial charge in [0.2, 0.25) is 0 Å². The molecule has 4 heteroatoms. The zero-order chi connectivity index (χ0) is 7.11. The maximum absolute atomic E-state index is 8.59. The quantitative estimate of drug-likeness (QED) is 0.454. The van der Waals surface area contributed by atoms with Crippen LogP contribution in [0.4, 0.5) is 0 Å². The third-order valence-corrected chi connectivity index (χ3v) is 0.995. The molecular formula is C5H12BNO2. The summed E-state index contributed by atoms with van der Waals surface area (Å²) in [6.07, 6.45) is 0.370. The SMILES string of the molecule is [B]CNC(CO)COC. The zero-order valence-electron chi connectivity index (χ0n) is 5.63. The lowest BCUT2D eigenvalue weighted by atomic mass is 10.1. The Morgan fingerprint density at radius 3 is 2.78 bits per heavy atom. The van der Waals surface area contributed by atoms with Gasteiger partial charge in [0.15, 0.2) is 0 Å². The molecule has 0 bridgehead atoms. The van der Waals surface area contributed by atoms with Gasteiger partial charge in [0.05, 0.1) is 27.1 Å². The van der Waals surface area contributed by atoms with Crippen LogP contribution >= 0.6 is 0 Å². The summed E-state index contributed by atoms with van der Waals surface area (Å²) < 4.78 is 4.77. The van der Waals surface area contributed by atoms with Crippen molar-refractivity contribution in [2.75, 3.05) is 26.8 Å². The highest BCUT2D eigenvalue weighted by atomic mass is 16.5. The summed E-state index contributed by atoms with van der Waals surface area (Å²) >= 11 is 0. The summed E-state index contributed by atoms with van der Waals surface area (Å²) in [5.41, 5.74) is 0. The molecule has 0 aliphatic heterocycles. The Labute approximate surface area is 56.8 Å². The van der Waals surface area contributed by atoms with E-state index in [0.717, 1.165) is 0 Å². The van der Waals surface area contributed by atoms with Gasteiger partial charge in [-0.3, -0.25) is 0 Å². The highest BCUT2D eigenvalue weighted by Crippen LogP contribution is 1.80. The smallest absolute Gasteiger partial charge is 0.0859 e. The standard InChI is InChI=1S/C5H12BNO2/c1-9-3-5(2-8)7-4-6/h5,7-8H,2-4H2,1H3. The van der Waals surface area contributed by atoms with E-state index in [-0.39, 0.29) is 12.6 Å². The molecule has 2 radical (unpaired) electrons. The van der Waals surface area contributed by atoms with Gasteiger partial charge in [-0.2, -0.15) is 0 Å². The molecule has 3 nitrogen and oxygen atoms in total. The molecule has 0 saturated carbocycles. The van der Waals surface area contributed by atoms with Crippen molar-refractivity contribution in [1.29, 1.82) is 0 Å². The zero-order valence-corrected chi connectivity index (χ0v) is 5.63. The van der Waals surface area contributed by atoms with Crippen LogP contribution in [0.15, 0.2) is 0 Å². The molecule has 1 atom stereocenters. The maximum Gasteiger partial charge on any atom is 0.0859 e. The van der Waals surface area contributed by atoms with Crippen molar-refractivity contribution in [2.24, 2.45) is 0 Å². The average Bonchev–Trinajstić information content (AvgIpc) is 1.88. The summed E-state index contributed by atoms with van der Waals surface area (Å²) in [6, 6.07) is -0.0278. The van der Waals surface area contributed by atoms with Crippen molar-refractivity contribution >= 4 is 7.85 Å². The monoisotopic (exact) mass is 129 g/mol. The Kier molecular flexibility index (Phi) is 6.03. The first-order chi connectivity index (χ1) is 4.35. The lowest BCUT2D eigenvalue weighted by Gasteiger charge is -2.12. The molecule has 52 valence electrons. The van der Waals surface area contributed by atoms with Gasteiger partial charge in [-0.05, 0) is 6.44 Å². The molecule has 0 aliphatic carbocycles. The number of methoxy groups -OCH3 is 1. The Hall–Kier alpha value is -0.0551. The van der Waals surface area contributed by atoms with Gasteiger partial charge in [0, 0.05) is 7.11 Å². The van der Waals surface area contributed by atoms with Crippen molar-refractivity contribution < 1.29 is 9.84 Å². The average molecular weight is 129 g/mol. The fourth-order valence-corrected chi connectivity index (χ4v) is 0.544. The molecule has 0 spiro atoms. The van der Waals surface area contributed by atoms with Crippen LogP contribution in [-0.2, 0) is 4.74 Å². The van der Waals surface area contributed by atoms with Gasteiger partial charge in [0.25, 0.3) is 0 Å². The van der Waals surface area contributed by atoms with Gasteiger partial charge in [-0.1, -0.05) is 0 Å². The van der Waals surface area contributed by atoms with E-state index in [1.165, 1.54) is 0 Å². The summed E-state index contributed by atoms with van der Waals surface area (Å²) in [6.45, 7) is 0.554. The number of hydrogen-bond donors (Lipinski definition) is 2. The van der Waals surface area contributed by atoms with Crippen LogP contribution in [0.5, 0.6) is 0 Å². The highest BCUT2D eigenvalue weighted by Gasteiger charge is 2.01. The molecule has 0 heterocycles. The number of aliphatic hydroxyl groups excluding tert-OH is 1. The number of hydrogen-bond acceptors (Lipinski definition) is 3. The summed E-state index contributed by atoms with van der Waals surface area (Å²) in [4.78, 5) is 0. The largest absolute Gasteiger partial charge is 0.395 e. The molecule has 1 unspecified atom stereocenters. The number of rotatable bonds is 5. The third kappa shape index (κ3) is 4.45. The second kappa shape index (κ2) is 6.07. The number of aliphatic hydroxyl groups is 1. The Morgan fingerprint density at radius 1 is 1.78 bits per heavy atom. The van der Waals surface area contributed by atoms with Crippen LogP contribution in [0.25, 0.3) is 0 Å². The minimum Gasteiger partial charge on any atom is -0.395 e. The Balaban J connectivity index is 3.18. The third-order valence-electron chi connectivity index (χ3n) is 0.995. The van der Waals surface area contributed by atoms with Crippen molar-refractivity contribution in [3.05, 3.63) is 0 Å². The van der Waals surface area contributed by atoms with Crippen molar-refractivity contribution in [3.8, 4) is 0 Å². The Morgan fingerprint density at radius 2 is 2.44 bits per heavy atom. The molecule has 0 rings (SSSR count). The van der Waals surface area contributed by atoms with E-state index in [0.29, 0.717) is 13.1 Å². The van der Waals surface area contributed by atoms with Gasteiger partial charge in [-0.25, -0.2) is 0 Å². The molecule has 0 aliphatic rings. The number of nitrogens with one attached hydrogen (secondary N) is 1. The van der Waals surface area contributed by atoms with E-state index in [1.807, 2.05) is 0 Å². The first kappa shape index (κ1) is 8.94. The second-order valence-electron chi connectivity index (χ2n) is 1.74. The van der Waals surface area contributed by atoms with Crippen molar-refractivity contribution in [1.82, 2.24) is 5.32 Å². The lowest BCUT2D eigenvalue weighted by Crippen LogP contribution is -2.37. The van der Waals surface area contributed by atoms with Gasteiger partial charge < -0.3 is 15.2 Å². The minimum atomic E-state index is -0.0278. The minimum absolute atomic E-state index is 0.0278. The first-order valence-electron chi connectivity index (χ1n) is 2.88. The van der Waals surface area contributed by atoms with Crippen LogP contribution in [-0.4, -0.2) is 45.8 Å². The Bertz CT molecular complexity index is 56.9. The van der Waals surface area contributed by atoms with E-state index in [9.17, 15) is 0 Å². The molecule has 0 aromatic heterocycles. The van der Waals surface area contributed by atoms with Gasteiger partial charge >= 0.3 is 0 Å². The van der Waals surface area contributed by atoms with Crippen molar-refractivity contribution in [3.63, 3.8) is 0 Å². The van der Waals surface area contributed by atoms with Crippen LogP contribution in [0, 0.1) is 0 Å². The summed E-state index contributed by atoms with van der Waals surface area (Å²) in [7, 11) is 6.74. The fraction of sp³-hybridized carbons (Fsp3) is 1.00. The number of ether oxygens (including phenoxy) is 1. The van der Waals surface area contributed by atoms with Gasteiger partial charge in [0.1, 0.15) is 0 Å². The molecule has 0 saturated heterocycles. The molecule has 0 aromatic rings. The van der Waals surface area contributed by atoms with E-state index in [2.05, 4.69) is 5.32 Å². The molecular weight excluding hydrogens is 117 g/mol. The van der Waals surface area contributed by atoms with Gasteiger partial charge in [-0.15, -0.1) is 0 Å². The predicted molar refractivity (Wildman–Crippen MR) is 36.5 cm³/mol. The highest BCUT2D eigenvalue weighted by molar-refractivity contribution is 6.08. The maximum atomic E-state index is 8.59. The van der Waals surface area contributed by atoms with Crippen LogP contribution < -0.4 is 5.32 Å². The first-order valence-corrected chi connectivity index (χ1v) is 2.88. The summed E-state index contributed by atoms with van der Waals surface area (Å²) in [5.74, 6) is 0. The topological polar surface area (TPSA) is 41.5 Å². The molecule has 0 amide bonds. The van der Waals surface area contributed by atoms with E-state index >= 15 is 0 Å². The predicted octanol–water partition coefficient (Wildman–Crippen LogP) is -1.29. The fourth-order valence-electron chi connectivity index (χ4n) is 0.544. The molecule has 0 fully saturated rings. The molecule has 0 aromatic carbocycles. The molecule has 9 heavy (non-hydrogen) atoms. The summed E-state index contributed by atoms with van der Waals surface area (Å²) in [5, 5.41) is 11.4. The van der Waals surface area contributed by atoms with Crippen LogP contribution in [0.3, 0.4) is 0 Å². The lowest BCUT2D eigenvalue weighted by molar-refractivity contribution is 0.131. The van der Waals surface area contributed by atoms with E-state index in [4.69, 9.17) is 17.7 Å². The second-order valence-corrected chi connectivity index (χ2v) is 1.74. The van der Waals surface area contributed by atoms with E-state index < -0.39 is 0 Å². The van der Waals surface area contributed by atoms with E-state index in [1.54, 1.807) is 7.11 Å². The normalized spacial score (nSPS) is 13.6. The molecule has 2 N–H and O–H groups in total. The van der Waals surface area contributed by atoms with Crippen molar-refractivity contribution in [2.45, 2.75) is 6.04 Å². The van der Waals surface area contributed by atoms with Crippen LogP contribution in [0.1, 0.15) is 0 Å².